The molecular formula is C21H24N2O2S. The second kappa shape index (κ2) is 8.90. The fourth-order valence-corrected chi connectivity index (χ4v) is 3.98. The van der Waals surface area contributed by atoms with Crippen molar-refractivity contribution in [3.63, 3.8) is 0 Å². The molecule has 0 N–H and O–H groups in total. The number of amidine groups is 1. The molecule has 2 aromatic carbocycles. The Hall–Kier alpha value is -2.27. The summed E-state index contributed by atoms with van der Waals surface area (Å²) in [5, 5.41) is 0.837. The zero-order chi connectivity index (χ0) is 18.4. The van der Waals surface area contributed by atoms with E-state index in [9.17, 15) is 4.79 Å². The van der Waals surface area contributed by atoms with Gasteiger partial charge in [0.05, 0.1) is 19.6 Å². The van der Waals surface area contributed by atoms with Crippen LogP contribution in [0.15, 0.2) is 53.5 Å². The van der Waals surface area contributed by atoms with Gasteiger partial charge in [0.1, 0.15) is 5.75 Å². The van der Waals surface area contributed by atoms with Crippen LogP contribution in [0.25, 0.3) is 0 Å². The number of carbonyl (C=O) groups excluding carboxylic acids is 1. The zero-order valence-electron chi connectivity index (χ0n) is 15.3. The lowest BCUT2D eigenvalue weighted by molar-refractivity contribution is -0.126. The standard InChI is InChI=1S/C21H24N2O2S/c1-3-25-19-10-8-17(9-11-19)14-20(24)23-13-12-22-21(23)26-15-18-7-5-4-6-16(18)2/h4-11H,3,12-15H2,1-2H3. The Balaban J connectivity index is 1.58. The Bertz CT molecular complexity index is 787. The summed E-state index contributed by atoms with van der Waals surface area (Å²) in [6.45, 7) is 6.07. The van der Waals surface area contributed by atoms with E-state index in [1.54, 1.807) is 11.8 Å². The van der Waals surface area contributed by atoms with Crippen molar-refractivity contribution in [2.45, 2.75) is 26.0 Å². The van der Waals surface area contributed by atoms with Gasteiger partial charge >= 0.3 is 0 Å². The fraction of sp³-hybridized carbons (Fsp3) is 0.333. The average molecular weight is 369 g/mol. The highest BCUT2D eigenvalue weighted by atomic mass is 32.2. The molecule has 0 aromatic heterocycles. The van der Waals surface area contributed by atoms with Crippen LogP contribution in [-0.4, -0.2) is 35.7 Å². The van der Waals surface area contributed by atoms with Crippen LogP contribution >= 0.6 is 11.8 Å². The molecule has 3 rings (SSSR count). The van der Waals surface area contributed by atoms with Crippen LogP contribution in [0.2, 0.25) is 0 Å². The van der Waals surface area contributed by atoms with Crippen molar-refractivity contribution in [1.29, 1.82) is 0 Å². The van der Waals surface area contributed by atoms with Gasteiger partial charge in [0.15, 0.2) is 5.17 Å². The van der Waals surface area contributed by atoms with Crippen molar-refractivity contribution in [3.05, 3.63) is 65.2 Å². The normalized spacial score (nSPS) is 13.6. The Morgan fingerprint density at radius 1 is 1.19 bits per heavy atom. The predicted octanol–water partition coefficient (Wildman–Crippen LogP) is 4.07. The smallest absolute Gasteiger partial charge is 0.233 e. The number of amides is 1. The van der Waals surface area contributed by atoms with Crippen molar-refractivity contribution >= 4 is 22.8 Å². The maximum absolute atomic E-state index is 12.7. The van der Waals surface area contributed by atoms with E-state index in [2.05, 4.69) is 24.0 Å². The molecule has 26 heavy (non-hydrogen) atoms. The molecule has 0 bridgehead atoms. The van der Waals surface area contributed by atoms with Crippen molar-refractivity contribution in [3.8, 4) is 5.75 Å². The summed E-state index contributed by atoms with van der Waals surface area (Å²) in [6, 6.07) is 16.1. The summed E-state index contributed by atoms with van der Waals surface area (Å²) in [5.41, 5.74) is 3.55. The van der Waals surface area contributed by atoms with Gasteiger partial charge in [-0.05, 0) is 42.7 Å². The molecule has 1 aliphatic heterocycles. The molecule has 0 saturated carbocycles. The zero-order valence-corrected chi connectivity index (χ0v) is 16.1. The summed E-state index contributed by atoms with van der Waals surface area (Å²) in [6.07, 6.45) is 0.385. The number of hydrogen-bond donors (Lipinski definition) is 0. The van der Waals surface area contributed by atoms with Gasteiger partial charge in [-0.2, -0.15) is 0 Å². The first kappa shape index (κ1) is 18.5. The highest BCUT2D eigenvalue weighted by Gasteiger charge is 2.24. The molecule has 0 fully saturated rings. The molecule has 0 atom stereocenters. The van der Waals surface area contributed by atoms with Crippen LogP contribution in [0.4, 0.5) is 0 Å². The monoisotopic (exact) mass is 368 g/mol. The number of benzene rings is 2. The minimum Gasteiger partial charge on any atom is -0.494 e. The van der Waals surface area contributed by atoms with Gasteiger partial charge in [-0.25, -0.2) is 0 Å². The second-order valence-corrected chi connectivity index (χ2v) is 7.12. The van der Waals surface area contributed by atoms with E-state index in [-0.39, 0.29) is 5.91 Å². The largest absolute Gasteiger partial charge is 0.494 e. The van der Waals surface area contributed by atoms with Gasteiger partial charge < -0.3 is 4.74 Å². The first-order valence-electron chi connectivity index (χ1n) is 8.91. The van der Waals surface area contributed by atoms with Gasteiger partial charge in [0.2, 0.25) is 5.91 Å². The van der Waals surface area contributed by atoms with Crippen LogP contribution in [0, 0.1) is 6.92 Å². The first-order chi connectivity index (χ1) is 12.7. The first-order valence-corrected chi connectivity index (χ1v) is 9.90. The molecule has 136 valence electrons. The van der Waals surface area contributed by atoms with E-state index in [0.29, 0.717) is 26.1 Å². The Morgan fingerprint density at radius 3 is 2.69 bits per heavy atom. The van der Waals surface area contributed by atoms with Crippen LogP contribution < -0.4 is 4.74 Å². The van der Waals surface area contributed by atoms with E-state index in [0.717, 1.165) is 22.2 Å². The maximum atomic E-state index is 12.7. The highest BCUT2D eigenvalue weighted by molar-refractivity contribution is 8.13. The Morgan fingerprint density at radius 2 is 1.96 bits per heavy atom. The number of aliphatic imine (C=N–C) groups is 1. The molecular weight excluding hydrogens is 344 g/mol. The summed E-state index contributed by atoms with van der Waals surface area (Å²) in [5.74, 6) is 1.77. The van der Waals surface area contributed by atoms with Gasteiger partial charge in [-0.3, -0.25) is 14.7 Å². The average Bonchev–Trinajstić information content (AvgIpc) is 3.12. The van der Waals surface area contributed by atoms with Crippen LogP contribution in [0.5, 0.6) is 5.75 Å². The van der Waals surface area contributed by atoms with E-state index in [1.807, 2.05) is 48.2 Å². The molecule has 0 aliphatic carbocycles. The van der Waals surface area contributed by atoms with E-state index in [1.165, 1.54) is 11.1 Å². The number of hydrogen-bond acceptors (Lipinski definition) is 4. The predicted molar refractivity (Wildman–Crippen MR) is 108 cm³/mol. The quantitative estimate of drug-likeness (QED) is 0.772. The third kappa shape index (κ3) is 4.67. The fourth-order valence-electron chi connectivity index (χ4n) is 2.84. The number of rotatable bonds is 6. The molecule has 4 nitrogen and oxygen atoms in total. The third-order valence-electron chi connectivity index (χ3n) is 4.31. The second-order valence-electron chi connectivity index (χ2n) is 6.18. The Kier molecular flexibility index (Phi) is 6.34. The lowest BCUT2D eigenvalue weighted by Gasteiger charge is -2.18. The summed E-state index contributed by atoms with van der Waals surface area (Å²) < 4.78 is 5.45. The van der Waals surface area contributed by atoms with Crippen molar-refractivity contribution < 1.29 is 9.53 Å². The van der Waals surface area contributed by atoms with Crippen LogP contribution in [-0.2, 0) is 17.0 Å². The summed E-state index contributed by atoms with van der Waals surface area (Å²) >= 11 is 1.64. The third-order valence-corrected chi connectivity index (χ3v) is 5.37. The van der Waals surface area contributed by atoms with E-state index in [4.69, 9.17) is 4.74 Å². The Labute approximate surface area is 159 Å². The molecule has 1 amide bonds. The maximum Gasteiger partial charge on any atom is 0.233 e. The lowest BCUT2D eigenvalue weighted by Crippen LogP contribution is -2.34. The number of nitrogens with zero attached hydrogens (tertiary/aromatic N) is 2. The SMILES string of the molecule is CCOc1ccc(CC(=O)N2CCN=C2SCc2ccccc2C)cc1. The van der Waals surface area contributed by atoms with Gasteiger partial charge in [-0.1, -0.05) is 48.2 Å². The van der Waals surface area contributed by atoms with Crippen LogP contribution in [0.1, 0.15) is 23.6 Å². The summed E-state index contributed by atoms with van der Waals surface area (Å²) in [7, 11) is 0. The van der Waals surface area contributed by atoms with Gasteiger partial charge in [0, 0.05) is 12.3 Å². The van der Waals surface area contributed by atoms with Gasteiger partial charge in [0.25, 0.3) is 0 Å². The molecule has 2 aromatic rings. The molecule has 5 heteroatoms. The van der Waals surface area contributed by atoms with Gasteiger partial charge in [-0.15, -0.1) is 0 Å². The molecule has 0 spiro atoms. The van der Waals surface area contributed by atoms with Crippen molar-refractivity contribution in [2.24, 2.45) is 4.99 Å². The summed E-state index contributed by atoms with van der Waals surface area (Å²) in [4.78, 5) is 19.1. The van der Waals surface area contributed by atoms with Crippen LogP contribution in [0.3, 0.4) is 0 Å². The van der Waals surface area contributed by atoms with Crippen molar-refractivity contribution in [2.75, 3.05) is 19.7 Å². The van der Waals surface area contributed by atoms with E-state index < -0.39 is 0 Å². The van der Waals surface area contributed by atoms with E-state index >= 15 is 0 Å². The molecule has 0 unspecified atom stereocenters. The highest BCUT2D eigenvalue weighted by Crippen LogP contribution is 2.22. The molecule has 1 aliphatic rings. The van der Waals surface area contributed by atoms with Crippen molar-refractivity contribution in [1.82, 2.24) is 4.90 Å². The minimum absolute atomic E-state index is 0.0997. The number of thioether (sulfide) groups is 1. The molecule has 0 saturated heterocycles. The molecule has 1 heterocycles. The lowest BCUT2D eigenvalue weighted by atomic mass is 10.1. The number of aryl methyl sites for hydroxylation is 1. The number of ether oxygens (including phenoxy) is 1. The number of carbonyl (C=O) groups is 1. The minimum atomic E-state index is 0.0997. The molecule has 0 radical (unpaired) electrons. The topological polar surface area (TPSA) is 41.9 Å².